The van der Waals surface area contributed by atoms with Crippen LogP contribution in [0.15, 0.2) is 66.7 Å². The van der Waals surface area contributed by atoms with Crippen molar-refractivity contribution in [1.29, 1.82) is 0 Å². The Labute approximate surface area is 198 Å². The van der Waals surface area contributed by atoms with Gasteiger partial charge in [-0.2, -0.15) is 0 Å². The van der Waals surface area contributed by atoms with Crippen LogP contribution in [0.2, 0.25) is 5.02 Å². The number of nitro benzene ring substituents is 1. The summed E-state index contributed by atoms with van der Waals surface area (Å²) in [6.45, 7) is 0.0731. The number of benzene rings is 3. The number of nitrogens with one attached hydrogen (secondary N) is 2. The van der Waals surface area contributed by atoms with Gasteiger partial charge >= 0.3 is 5.69 Å². The van der Waals surface area contributed by atoms with E-state index in [0.29, 0.717) is 0 Å². The molecule has 34 heavy (non-hydrogen) atoms. The van der Waals surface area contributed by atoms with Crippen LogP contribution in [0.4, 0.5) is 11.4 Å². The molecule has 0 aliphatic rings. The summed E-state index contributed by atoms with van der Waals surface area (Å²) in [6.07, 6.45) is -0.00609. The number of carbonyl (C=O) groups is 3. The van der Waals surface area contributed by atoms with E-state index in [4.69, 9.17) is 22.1 Å². The van der Waals surface area contributed by atoms with Crippen molar-refractivity contribution < 1.29 is 24.0 Å². The number of nitrogens with zero attached hydrogens (tertiary/aromatic N) is 1. The van der Waals surface area contributed by atoms with Crippen LogP contribution in [0.3, 0.4) is 0 Å². The number of nitrogens with two attached hydrogens (primary N) is 1. The molecule has 4 N–H and O–H groups in total. The molecule has 0 fully saturated rings. The maximum atomic E-state index is 12.7. The molecule has 0 saturated heterocycles. The first-order chi connectivity index (χ1) is 16.2. The molecule has 3 amide bonds. The summed E-state index contributed by atoms with van der Waals surface area (Å²) < 4.78 is 5.57. The number of primary amides is 1. The van der Waals surface area contributed by atoms with E-state index >= 15 is 0 Å². The standard InChI is InChI=1S/C23H19ClN4O6/c24-15-7-10-20(19(13-15)28(32)33)34-16-8-5-14(6-9-16)22(30)27-18-4-2-1-3-17(18)23(31)26-12-11-21(25)29/h1-10,13H,11-12H2,(H2,25,29)(H,26,31)(H,27,30). The molecular weight excluding hydrogens is 464 g/mol. The highest BCUT2D eigenvalue weighted by molar-refractivity contribution is 6.30. The molecule has 0 radical (unpaired) electrons. The van der Waals surface area contributed by atoms with E-state index in [1.807, 2.05) is 0 Å². The maximum absolute atomic E-state index is 12.7. The molecule has 0 aromatic heterocycles. The van der Waals surface area contributed by atoms with Gasteiger partial charge in [-0.05, 0) is 48.5 Å². The SMILES string of the molecule is NC(=O)CCNC(=O)c1ccccc1NC(=O)c1ccc(Oc2ccc(Cl)cc2[N+](=O)[O-])cc1. The molecule has 3 aromatic rings. The zero-order chi connectivity index (χ0) is 24.7. The maximum Gasteiger partial charge on any atom is 0.313 e. The molecular formula is C23H19ClN4O6. The van der Waals surface area contributed by atoms with Crippen molar-refractivity contribution in [3.63, 3.8) is 0 Å². The molecule has 0 saturated carbocycles. The molecule has 0 atom stereocenters. The lowest BCUT2D eigenvalue weighted by atomic mass is 10.1. The minimum atomic E-state index is -0.607. The van der Waals surface area contributed by atoms with Crippen LogP contribution < -0.4 is 21.1 Å². The summed E-state index contributed by atoms with van der Waals surface area (Å²) in [5.41, 5.74) is 5.54. The lowest BCUT2D eigenvalue weighted by molar-refractivity contribution is -0.385. The molecule has 0 spiro atoms. The Hall–Kier alpha value is -4.44. The third-order valence-electron chi connectivity index (χ3n) is 4.54. The van der Waals surface area contributed by atoms with Crippen molar-refractivity contribution in [2.75, 3.05) is 11.9 Å². The number of ether oxygens (including phenoxy) is 1. The van der Waals surface area contributed by atoms with Crippen LogP contribution in [0.5, 0.6) is 11.5 Å². The fourth-order valence-corrected chi connectivity index (χ4v) is 3.07. The predicted molar refractivity (Wildman–Crippen MR) is 125 cm³/mol. The van der Waals surface area contributed by atoms with Crippen molar-refractivity contribution in [3.05, 3.63) is 93.0 Å². The average molecular weight is 483 g/mol. The minimum Gasteiger partial charge on any atom is -0.450 e. The number of rotatable bonds is 9. The van der Waals surface area contributed by atoms with E-state index < -0.39 is 22.6 Å². The van der Waals surface area contributed by atoms with E-state index in [-0.39, 0.29) is 52.0 Å². The van der Waals surface area contributed by atoms with E-state index in [0.717, 1.165) is 0 Å². The van der Waals surface area contributed by atoms with Gasteiger partial charge in [-0.25, -0.2) is 0 Å². The summed E-state index contributed by atoms with van der Waals surface area (Å²) >= 11 is 5.81. The smallest absolute Gasteiger partial charge is 0.313 e. The molecule has 0 unspecified atom stereocenters. The van der Waals surface area contributed by atoms with Gasteiger partial charge in [0.15, 0.2) is 0 Å². The quantitative estimate of drug-likeness (QED) is 0.310. The number of anilines is 1. The van der Waals surface area contributed by atoms with Gasteiger partial charge in [0.25, 0.3) is 11.8 Å². The Kier molecular flexibility index (Phi) is 7.78. The first kappa shape index (κ1) is 24.2. The van der Waals surface area contributed by atoms with E-state index in [1.165, 1.54) is 48.5 Å². The van der Waals surface area contributed by atoms with E-state index in [2.05, 4.69) is 10.6 Å². The van der Waals surface area contributed by atoms with Gasteiger partial charge in [0.1, 0.15) is 5.75 Å². The Morgan fingerprint density at radius 3 is 2.38 bits per heavy atom. The van der Waals surface area contributed by atoms with Crippen molar-refractivity contribution >= 4 is 40.7 Å². The van der Waals surface area contributed by atoms with Gasteiger partial charge in [-0.3, -0.25) is 24.5 Å². The number of halogens is 1. The number of nitro groups is 1. The monoisotopic (exact) mass is 482 g/mol. The molecule has 0 aliphatic carbocycles. The second-order valence-corrected chi connectivity index (χ2v) is 7.40. The van der Waals surface area contributed by atoms with Gasteiger partial charge in [0, 0.05) is 29.6 Å². The van der Waals surface area contributed by atoms with Gasteiger partial charge in [0.05, 0.1) is 16.2 Å². The topological polar surface area (TPSA) is 154 Å². The minimum absolute atomic E-state index is 0.00266. The Morgan fingerprint density at radius 2 is 1.71 bits per heavy atom. The third kappa shape index (κ3) is 6.30. The Morgan fingerprint density at radius 1 is 1.00 bits per heavy atom. The third-order valence-corrected chi connectivity index (χ3v) is 4.77. The summed E-state index contributed by atoms with van der Waals surface area (Å²) in [5, 5.41) is 16.6. The summed E-state index contributed by atoms with van der Waals surface area (Å²) in [6, 6.07) is 16.3. The lowest BCUT2D eigenvalue weighted by Gasteiger charge is -2.12. The summed E-state index contributed by atoms with van der Waals surface area (Å²) in [4.78, 5) is 46.5. The molecule has 174 valence electrons. The van der Waals surface area contributed by atoms with Gasteiger partial charge in [0.2, 0.25) is 11.7 Å². The Balaban J connectivity index is 1.70. The van der Waals surface area contributed by atoms with Crippen LogP contribution in [0.1, 0.15) is 27.1 Å². The van der Waals surface area contributed by atoms with Crippen LogP contribution >= 0.6 is 11.6 Å². The number of amides is 3. The van der Waals surface area contributed by atoms with Gasteiger partial charge < -0.3 is 21.1 Å². The lowest BCUT2D eigenvalue weighted by Crippen LogP contribution is -2.28. The largest absolute Gasteiger partial charge is 0.450 e. The fraction of sp³-hybridized carbons (Fsp3) is 0.0870. The second kappa shape index (κ2) is 10.9. The first-order valence-corrected chi connectivity index (χ1v) is 10.3. The molecule has 0 heterocycles. The van der Waals surface area contributed by atoms with Crippen LogP contribution in [-0.4, -0.2) is 29.2 Å². The number of hydrogen-bond acceptors (Lipinski definition) is 6. The van der Waals surface area contributed by atoms with Gasteiger partial charge in [-0.15, -0.1) is 0 Å². The molecule has 3 rings (SSSR count). The number of hydrogen-bond donors (Lipinski definition) is 3. The molecule has 10 nitrogen and oxygen atoms in total. The first-order valence-electron chi connectivity index (χ1n) is 9.93. The average Bonchev–Trinajstić information content (AvgIpc) is 2.80. The number of carbonyl (C=O) groups excluding carboxylic acids is 3. The highest BCUT2D eigenvalue weighted by Crippen LogP contribution is 2.33. The zero-order valence-corrected chi connectivity index (χ0v) is 18.4. The molecule has 0 bridgehead atoms. The van der Waals surface area contributed by atoms with E-state index in [1.54, 1.807) is 18.2 Å². The van der Waals surface area contributed by atoms with Crippen molar-refractivity contribution in [2.45, 2.75) is 6.42 Å². The summed E-state index contributed by atoms with van der Waals surface area (Å²) in [7, 11) is 0. The van der Waals surface area contributed by atoms with Crippen LogP contribution in [0.25, 0.3) is 0 Å². The highest BCUT2D eigenvalue weighted by Gasteiger charge is 2.17. The van der Waals surface area contributed by atoms with Crippen LogP contribution in [0, 0.1) is 10.1 Å². The van der Waals surface area contributed by atoms with Crippen LogP contribution in [-0.2, 0) is 4.79 Å². The van der Waals surface area contributed by atoms with Crippen molar-refractivity contribution in [3.8, 4) is 11.5 Å². The zero-order valence-electron chi connectivity index (χ0n) is 17.6. The Bertz CT molecular complexity index is 1250. The highest BCUT2D eigenvalue weighted by atomic mass is 35.5. The normalized spacial score (nSPS) is 10.3. The molecule has 3 aromatic carbocycles. The van der Waals surface area contributed by atoms with Crippen molar-refractivity contribution in [1.82, 2.24) is 5.32 Å². The molecule has 0 aliphatic heterocycles. The van der Waals surface area contributed by atoms with Crippen molar-refractivity contribution in [2.24, 2.45) is 5.73 Å². The number of para-hydroxylation sites is 1. The predicted octanol–water partition coefficient (Wildman–Crippen LogP) is 3.90. The van der Waals surface area contributed by atoms with E-state index in [9.17, 15) is 24.5 Å². The fourth-order valence-electron chi connectivity index (χ4n) is 2.90. The second-order valence-electron chi connectivity index (χ2n) is 6.97. The van der Waals surface area contributed by atoms with Gasteiger partial charge in [-0.1, -0.05) is 23.7 Å². The molecule has 11 heteroatoms. The summed E-state index contributed by atoms with van der Waals surface area (Å²) in [5.74, 6) is -1.22.